The van der Waals surface area contributed by atoms with Crippen LogP contribution in [0.25, 0.3) is 0 Å². The number of hydrogen-bond acceptors (Lipinski definition) is 5. The summed E-state index contributed by atoms with van der Waals surface area (Å²) in [7, 11) is -3.77. The molecule has 1 aliphatic heterocycles. The van der Waals surface area contributed by atoms with Gasteiger partial charge in [0.15, 0.2) is 0 Å². The average Bonchev–Trinajstić information content (AvgIpc) is 2.71. The summed E-state index contributed by atoms with van der Waals surface area (Å²) < 4.78 is 27.2. The summed E-state index contributed by atoms with van der Waals surface area (Å²) in [4.78, 5) is 18.4. The molecule has 1 aliphatic rings. The van der Waals surface area contributed by atoms with E-state index in [2.05, 4.69) is 10.3 Å². The van der Waals surface area contributed by atoms with Crippen molar-refractivity contribution in [2.45, 2.75) is 17.9 Å². The summed E-state index contributed by atoms with van der Waals surface area (Å²) in [5.41, 5.74) is 0. The maximum atomic E-state index is 12.9. The SMILES string of the molecule is C[C@H](C(=O)Nc1ccc(Cl)cn1)N1CCN(S(=O)(=O)c2cccc(Cl)c2Cl)CC1. The van der Waals surface area contributed by atoms with Crippen molar-refractivity contribution in [1.29, 1.82) is 0 Å². The standard InChI is InChI=1S/C18H19Cl3N4O3S/c1-12(18(26)23-16-6-5-13(19)11-22-16)24-7-9-25(10-8-24)29(27,28)15-4-2-3-14(20)17(15)21/h2-6,11-12H,7-10H2,1H3,(H,22,23,26)/t12-/m1/s1. The molecule has 156 valence electrons. The second-order valence-electron chi connectivity index (χ2n) is 6.52. The zero-order chi connectivity index (χ0) is 21.2. The van der Waals surface area contributed by atoms with Crippen LogP contribution < -0.4 is 5.32 Å². The van der Waals surface area contributed by atoms with Crippen LogP contribution in [0, 0.1) is 0 Å². The number of nitrogens with zero attached hydrogens (tertiary/aromatic N) is 3. The Labute approximate surface area is 184 Å². The lowest BCUT2D eigenvalue weighted by Gasteiger charge is -2.36. The highest BCUT2D eigenvalue weighted by Gasteiger charge is 2.33. The summed E-state index contributed by atoms with van der Waals surface area (Å²) in [6, 6.07) is 7.33. The third kappa shape index (κ3) is 5.02. The van der Waals surface area contributed by atoms with Crippen molar-refractivity contribution >= 4 is 56.6 Å². The van der Waals surface area contributed by atoms with Crippen LogP contribution in [0.2, 0.25) is 15.1 Å². The lowest BCUT2D eigenvalue weighted by Crippen LogP contribution is -2.54. The zero-order valence-electron chi connectivity index (χ0n) is 15.5. The van der Waals surface area contributed by atoms with E-state index in [4.69, 9.17) is 34.8 Å². The number of nitrogens with one attached hydrogen (secondary N) is 1. The van der Waals surface area contributed by atoms with Crippen molar-refractivity contribution in [2.24, 2.45) is 0 Å². The van der Waals surface area contributed by atoms with E-state index in [0.29, 0.717) is 23.9 Å². The van der Waals surface area contributed by atoms with Crippen molar-refractivity contribution in [2.75, 3.05) is 31.5 Å². The molecule has 1 N–H and O–H groups in total. The van der Waals surface area contributed by atoms with E-state index < -0.39 is 16.1 Å². The first-order valence-corrected chi connectivity index (χ1v) is 11.4. The Hall–Kier alpha value is -1.42. The molecule has 1 fully saturated rings. The van der Waals surface area contributed by atoms with Gasteiger partial charge in [0.25, 0.3) is 0 Å². The molecule has 29 heavy (non-hydrogen) atoms. The molecule has 0 bridgehead atoms. The molecule has 7 nitrogen and oxygen atoms in total. The first kappa shape index (κ1) is 22.3. The van der Waals surface area contributed by atoms with Crippen LogP contribution in [0.5, 0.6) is 0 Å². The Morgan fingerprint density at radius 2 is 1.79 bits per heavy atom. The molecular formula is C18H19Cl3N4O3S. The number of aromatic nitrogens is 1. The molecule has 2 heterocycles. The average molecular weight is 478 g/mol. The fourth-order valence-electron chi connectivity index (χ4n) is 3.00. The second-order valence-corrected chi connectivity index (χ2v) is 9.65. The lowest BCUT2D eigenvalue weighted by atomic mass is 10.2. The summed E-state index contributed by atoms with van der Waals surface area (Å²) in [6.45, 7) is 3.05. The van der Waals surface area contributed by atoms with Gasteiger partial charge >= 0.3 is 0 Å². The minimum absolute atomic E-state index is 0.0137. The number of anilines is 1. The van der Waals surface area contributed by atoms with Crippen LogP contribution in [0.3, 0.4) is 0 Å². The van der Waals surface area contributed by atoms with Crippen molar-refractivity contribution in [3.8, 4) is 0 Å². The Balaban J connectivity index is 1.62. The Morgan fingerprint density at radius 1 is 1.10 bits per heavy atom. The number of rotatable bonds is 5. The molecule has 0 spiro atoms. The van der Waals surface area contributed by atoms with Crippen molar-refractivity contribution in [1.82, 2.24) is 14.2 Å². The molecule has 1 amide bonds. The molecule has 0 saturated carbocycles. The van der Waals surface area contributed by atoms with Crippen LogP contribution in [-0.4, -0.2) is 60.7 Å². The third-order valence-corrected chi connectivity index (χ3v) is 7.81. The number of hydrogen-bond donors (Lipinski definition) is 1. The highest BCUT2D eigenvalue weighted by Crippen LogP contribution is 2.31. The Morgan fingerprint density at radius 3 is 2.41 bits per heavy atom. The normalized spacial score (nSPS) is 17.1. The number of sulfonamides is 1. The fraction of sp³-hybridized carbons (Fsp3) is 0.333. The lowest BCUT2D eigenvalue weighted by molar-refractivity contribution is -0.121. The van der Waals surface area contributed by atoms with Gasteiger partial charge in [-0.2, -0.15) is 4.31 Å². The predicted octanol–water partition coefficient (Wildman–Crippen LogP) is 3.38. The van der Waals surface area contributed by atoms with Crippen LogP contribution in [0.1, 0.15) is 6.92 Å². The molecule has 1 saturated heterocycles. The minimum Gasteiger partial charge on any atom is -0.309 e. The molecule has 3 rings (SSSR count). The van der Waals surface area contributed by atoms with Crippen molar-refractivity contribution in [3.63, 3.8) is 0 Å². The van der Waals surface area contributed by atoms with E-state index >= 15 is 0 Å². The largest absolute Gasteiger partial charge is 0.309 e. The van der Waals surface area contributed by atoms with Gasteiger partial charge in [0.2, 0.25) is 15.9 Å². The van der Waals surface area contributed by atoms with Gasteiger partial charge in [-0.05, 0) is 31.2 Å². The number of benzene rings is 1. The highest BCUT2D eigenvalue weighted by atomic mass is 35.5. The topological polar surface area (TPSA) is 82.6 Å². The number of halogens is 3. The molecule has 0 radical (unpaired) electrons. The zero-order valence-corrected chi connectivity index (χ0v) is 18.6. The number of carbonyl (C=O) groups is 1. The van der Waals surface area contributed by atoms with Crippen LogP contribution in [0.15, 0.2) is 41.4 Å². The van der Waals surface area contributed by atoms with Crippen molar-refractivity contribution < 1.29 is 13.2 Å². The van der Waals surface area contributed by atoms with E-state index in [0.717, 1.165) is 0 Å². The number of piperazine rings is 1. The monoisotopic (exact) mass is 476 g/mol. The molecule has 1 aromatic heterocycles. The molecule has 2 aromatic rings. The van der Waals surface area contributed by atoms with E-state index in [1.807, 2.05) is 4.90 Å². The Kier molecular flexibility index (Phi) is 7.03. The quantitative estimate of drug-likeness (QED) is 0.714. The van der Waals surface area contributed by atoms with E-state index in [1.54, 1.807) is 25.1 Å². The van der Waals surface area contributed by atoms with Gasteiger partial charge in [0.05, 0.1) is 21.1 Å². The van der Waals surface area contributed by atoms with Crippen LogP contribution >= 0.6 is 34.8 Å². The summed E-state index contributed by atoms with van der Waals surface area (Å²) in [5, 5.41) is 3.41. The molecular weight excluding hydrogens is 459 g/mol. The van der Waals surface area contributed by atoms with Gasteiger partial charge in [0, 0.05) is 32.4 Å². The highest BCUT2D eigenvalue weighted by molar-refractivity contribution is 7.89. The maximum Gasteiger partial charge on any atom is 0.244 e. The predicted molar refractivity (Wildman–Crippen MR) is 114 cm³/mol. The van der Waals surface area contributed by atoms with E-state index in [9.17, 15) is 13.2 Å². The van der Waals surface area contributed by atoms with Gasteiger partial charge in [-0.25, -0.2) is 13.4 Å². The van der Waals surface area contributed by atoms with Crippen LogP contribution in [-0.2, 0) is 14.8 Å². The third-order valence-electron chi connectivity index (χ3n) is 4.71. The molecule has 1 atom stereocenters. The first-order valence-electron chi connectivity index (χ1n) is 8.81. The maximum absolute atomic E-state index is 12.9. The number of carbonyl (C=O) groups excluding carboxylic acids is 1. The van der Waals surface area contributed by atoms with E-state index in [1.165, 1.54) is 22.6 Å². The Bertz CT molecular complexity index is 994. The number of pyridine rings is 1. The second kappa shape index (κ2) is 9.16. The van der Waals surface area contributed by atoms with Gasteiger partial charge < -0.3 is 5.32 Å². The fourth-order valence-corrected chi connectivity index (χ4v) is 5.27. The van der Waals surface area contributed by atoms with Gasteiger partial charge in [-0.15, -0.1) is 0 Å². The van der Waals surface area contributed by atoms with Gasteiger partial charge in [-0.3, -0.25) is 9.69 Å². The van der Waals surface area contributed by atoms with E-state index in [-0.39, 0.29) is 33.9 Å². The minimum atomic E-state index is -3.77. The summed E-state index contributed by atoms with van der Waals surface area (Å²) in [6.07, 6.45) is 1.45. The van der Waals surface area contributed by atoms with Crippen molar-refractivity contribution in [3.05, 3.63) is 51.6 Å². The van der Waals surface area contributed by atoms with Gasteiger partial charge in [-0.1, -0.05) is 40.9 Å². The summed E-state index contributed by atoms with van der Waals surface area (Å²) >= 11 is 17.8. The molecule has 0 aliphatic carbocycles. The number of amides is 1. The molecule has 1 aromatic carbocycles. The van der Waals surface area contributed by atoms with Crippen LogP contribution in [0.4, 0.5) is 5.82 Å². The van der Waals surface area contributed by atoms with Gasteiger partial charge in [0.1, 0.15) is 10.7 Å². The molecule has 11 heteroatoms. The summed E-state index contributed by atoms with van der Waals surface area (Å²) in [5.74, 6) is 0.178. The molecule has 0 unspecified atom stereocenters. The first-order chi connectivity index (χ1) is 13.7. The smallest absolute Gasteiger partial charge is 0.244 e.